The van der Waals surface area contributed by atoms with Crippen LogP contribution in [0.4, 0.5) is 0 Å². The van der Waals surface area contributed by atoms with Crippen LogP contribution in [0.3, 0.4) is 0 Å². The van der Waals surface area contributed by atoms with Crippen molar-refractivity contribution < 1.29 is 4.79 Å². The molecule has 1 heterocycles. The van der Waals surface area contributed by atoms with E-state index in [2.05, 4.69) is 34.8 Å². The summed E-state index contributed by atoms with van der Waals surface area (Å²) in [6, 6.07) is 28.4. The predicted octanol–water partition coefficient (Wildman–Crippen LogP) is 4.85. The third-order valence-corrected chi connectivity index (χ3v) is 4.75. The van der Waals surface area contributed by atoms with Crippen LogP contribution >= 0.6 is 0 Å². The van der Waals surface area contributed by atoms with Gasteiger partial charge in [0, 0.05) is 11.7 Å². The molecule has 0 aliphatic rings. The summed E-state index contributed by atoms with van der Waals surface area (Å²) >= 11 is 0. The first-order valence-electron chi connectivity index (χ1n) is 9.23. The average molecular weight is 367 g/mol. The molecule has 4 nitrogen and oxygen atoms in total. The molecule has 1 N–H and O–H groups in total. The van der Waals surface area contributed by atoms with Gasteiger partial charge in [-0.25, -0.2) is 5.43 Å². The zero-order chi connectivity index (χ0) is 19.3. The number of rotatable bonds is 5. The van der Waals surface area contributed by atoms with Crippen LogP contribution in [0.1, 0.15) is 12.5 Å². The van der Waals surface area contributed by atoms with Crippen LogP contribution in [-0.2, 0) is 11.3 Å². The Hall–Kier alpha value is -3.66. The average Bonchev–Trinajstić information content (AvgIpc) is 3.15. The zero-order valence-electron chi connectivity index (χ0n) is 15.7. The van der Waals surface area contributed by atoms with Crippen LogP contribution in [0, 0.1) is 0 Å². The largest absolute Gasteiger partial charge is 0.338 e. The third kappa shape index (κ3) is 3.86. The maximum atomic E-state index is 12.3. The van der Waals surface area contributed by atoms with E-state index < -0.39 is 0 Å². The van der Waals surface area contributed by atoms with E-state index in [-0.39, 0.29) is 12.5 Å². The number of hydrazone groups is 1. The minimum absolute atomic E-state index is 0.151. The normalized spacial score (nSPS) is 11.5. The highest BCUT2D eigenvalue weighted by Crippen LogP contribution is 2.19. The molecule has 0 aliphatic heterocycles. The van der Waals surface area contributed by atoms with Gasteiger partial charge >= 0.3 is 0 Å². The van der Waals surface area contributed by atoms with Crippen molar-refractivity contribution in [2.75, 3.05) is 0 Å². The Kier molecular flexibility index (Phi) is 5.02. The minimum atomic E-state index is -0.151. The van der Waals surface area contributed by atoms with Crippen LogP contribution in [0.25, 0.3) is 22.0 Å². The first-order chi connectivity index (χ1) is 13.7. The monoisotopic (exact) mass is 367 g/mol. The summed E-state index contributed by atoms with van der Waals surface area (Å²) < 4.78 is 1.92. The van der Waals surface area contributed by atoms with E-state index in [9.17, 15) is 4.79 Å². The van der Waals surface area contributed by atoms with E-state index in [1.807, 2.05) is 78.4 Å². The SMILES string of the molecule is C/C(=N\NC(=O)Cn1ccc2ccccc21)c1ccc(-c2ccccc2)cc1. The standard InChI is InChI=1S/C24H21N3O/c1-18(19-11-13-21(14-12-19)20-7-3-2-4-8-20)25-26-24(28)17-27-16-15-22-9-5-6-10-23(22)27/h2-16H,17H2,1H3,(H,26,28)/b25-18+. The Morgan fingerprint density at radius 3 is 2.32 bits per heavy atom. The number of fused-ring (bicyclic) bond motifs is 1. The summed E-state index contributed by atoms with van der Waals surface area (Å²) in [4.78, 5) is 12.3. The highest BCUT2D eigenvalue weighted by molar-refractivity contribution is 5.99. The number of aromatic nitrogens is 1. The second-order valence-electron chi connectivity index (χ2n) is 6.68. The molecule has 3 aromatic carbocycles. The molecule has 0 atom stereocenters. The van der Waals surface area contributed by atoms with Gasteiger partial charge in [-0.05, 0) is 41.1 Å². The highest BCUT2D eigenvalue weighted by atomic mass is 16.2. The molecule has 0 radical (unpaired) electrons. The minimum Gasteiger partial charge on any atom is -0.338 e. The van der Waals surface area contributed by atoms with Crippen molar-refractivity contribution in [1.29, 1.82) is 0 Å². The van der Waals surface area contributed by atoms with Gasteiger partial charge in [0.05, 0.1) is 5.71 Å². The number of nitrogens with one attached hydrogen (secondary N) is 1. The van der Waals surface area contributed by atoms with Crippen molar-refractivity contribution in [3.8, 4) is 11.1 Å². The fourth-order valence-corrected chi connectivity index (χ4v) is 3.21. The summed E-state index contributed by atoms with van der Waals surface area (Å²) in [6.45, 7) is 2.13. The van der Waals surface area contributed by atoms with Gasteiger partial charge in [0.25, 0.3) is 5.91 Å². The molecule has 0 fully saturated rings. The van der Waals surface area contributed by atoms with Crippen molar-refractivity contribution in [3.63, 3.8) is 0 Å². The fourth-order valence-electron chi connectivity index (χ4n) is 3.21. The molecule has 1 aromatic heterocycles. The molecular formula is C24H21N3O. The molecule has 0 saturated heterocycles. The Labute approximate surface area is 164 Å². The molecule has 4 aromatic rings. The van der Waals surface area contributed by atoms with Crippen molar-refractivity contribution in [2.45, 2.75) is 13.5 Å². The van der Waals surface area contributed by atoms with Crippen LogP contribution < -0.4 is 5.43 Å². The lowest BCUT2D eigenvalue weighted by Gasteiger charge is -2.07. The zero-order valence-corrected chi connectivity index (χ0v) is 15.7. The molecule has 0 bridgehead atoms. The van der Waals surface area contributed by atoms with Gasteiger partial charge < -0.3 is 4.57 Å². The van der Waals surface area contributed by atoms with Crippen LogP contribution in [0.15, 0.2) is 96.2 Å². The lowest BCUT2D eigenvalue weighted by atomic mass is 10.0. The van der Waals surface area contributed by atoms with Gasteiger partial charge in [-0.3, -0.25) is 4.79 Å². The Morgan fingerprint density at radius 1 is 0.857 bits per heavy atom. The number of nitrogens with zero attached hydrogens (tertiary/aromatic N) is 2. The Morgan fingerprint density at radius 2 is 1.54 bits per heavy atom. The molecular weight excluding hydrogens is 346 g/mol. The number of para-hydroxylation sites is 1. The number of benzene rings is 3. The second kappa shape index (κ2) is 7.92. The number of hydrogen-bond acceptors (Lipinski definition) is 2. The van der Waals surface area contributed by atoms with Gasteiger partial charge in [0.15, 0.2) is 0 Å². The molecule has 0 spiro atoms. The number of carbonyl (C=O) groups excluding carboxylic acids is 1. The van der Waals surface area contributed by atoms with Gasteiger partial charge in [0.2, 0.25) is 0 Å². The van der Waals surface area contributed by atoms with Crippen LogP contribution in [0.2, 0.25) is 0 Å². The van der Waals surface area contributed by atoms with E-state index in [1.54, 1.807) is 0 Å². The Bertz CT molecular complexity index is 1130. The number of hydrogen-bond donors (Lipinski definition) is 1. The molecule has 0 aliphatic carbocycles. The van der Waals surface area contributed by atoms with Gasteiger partial charge in [0.1, 0.15) is 6.54 Å². The van der Waals surface area contributed by atoms with Crippen molar-refractivity contribution in [2.24, 2.45) is 5.10 Å². The molecule has 0 saturated carbocycles. The van der Waals surface area contributed by atoms with E-state index in [4.69, 9.17) is 0 Å². The van der Waals surface area contributed by atoms with E-state index in [1.165, 1.54) is 5.56 Å². The lowest BCUT2D eigenvalue weighted by Crippen LogP contribution is -2.23. The highest BCUT2D eigenvalue weighted by Gasteiger charge is 2.06. The van der Waals surface area contributed by atoms with Crippen molar-refractivity contribution in [3.05, 3.63) is 96.7 Å². The van der Waals surface area contributed by atoms with Crippen molar-refractivity contribution >= 4 is 22.5 Å². The molecule has 138 valence electrons. The molecule has 4 heteroatoms. The van der Waals surface area contributed by atoms with Crippen LogP contribution in [-0.4, -0.2) is 16.2 Å². The molecule has 0 unspecified atom stereocenters. The molecule has 28 heavy (non-hydrogen) atoms. The third-order valence-electron chi connectivity index (χ3n) is 4.75. The first-order valence-corrected chi connectivity index (χ1v) is 9.23. The first kappa shape index (κ1) is 17.7. The molecule has 4 rings (SSSR count). The summed E-state index contributed by atoms with van der Waals surface area (Å²) in [7, 11) is 0. The van der Waals surface area contributed by atoms with E-state index in [0.29, 0.717) is 0 Å². The van der Waals surface area contributed by atoms with Gasteiger partial charge in [-0.1, -0.05) is 72.8 Å². The number of carbonyl (C=O) groups is 1. The summed E-state index contributed by atoms with van der Waals surface area (Å²) in [5.41, 5.74) is 7.77. The van der Waals surface area contributed by atoms with Crippen molar-refractivity contribution in [1.82, 2.24) is 9.99 Å². The van der Waals surface area contributed by atoms with E-state index in [0.717, 1.165) is 27.7 Å². The Balaban J connectivity index is 1.42. The maximum absolute atomic E-state index is 12.3. The predicted molar refractivity (Wildman–Crippen MR) is 114 cm³/mol. The maximum Gasteiger partial charge on any atom is 0.259 e. The van der Waals surface area contributed by atoms with E-state index >= 15 is 0 Å². The fraction of sp³-hybridized carbons (Fsp3) is 0.0833. The smallest absolute Gasteiger partial charge is 0.259 e. The van der Waals surface area contributed by atoms with Gasteiger partial charge in [-0.2, -0.15) is 5.10 Å². The topological polar surface area (TPSA) is 46.4 Å². The quantitative estimate of drug-likeness (QED) is 0.398. The number of amides is 1. The lowest BCUT2D eigenvalue weighted by molar-refractivity contribution is -0.121. The second-order valence-corrected chi connectivity index (χ2v) is 6.68. The van der Waals surface area contributed by atoms with Gasteiger partial charge in [-0.15, -0.1) is 0 Å². The summed E-state index contributed by atoms with van der Waals surface area (Å²) in [5.74, 6) is -0.151. The summed E-state index contributed by atoms with van der Waals surface area (Å²) in [6.07, 6.45) is 1.92. The van der Waals surface area contributed by atoms with Crippen LogP contribution in [0.5, 0.6) is 0 Å². The molecule has 1 amide bonds. The summed E-state index contributed by atoms with van der Waals surface area (Å²) in [5, 5.41) is 5.38.